The van der Waals surface area contributed by atoms with Crippen molar-refractivity contribution in [3.63, 3.8) is 0 Å². The number of unbranched alkanes of at least 4 members (excludes halogenated alkanes) is 2. The van der Waals surface area contributed by atoms with Crippen molar-refractivity contribution in [3.05, 3.63) is 107 Å². The summed E-state index contributed by atoms with van der Waals surface area (Å²) in [5.74, 6) is -1.45. The van der Waals surface area contributed by atoms with Crippen molar-refractivity contribution in [2.24, 2.45) is 5.92 Å². The topological polar surface area (TPSA) is 145 Å². The molecule has 5 aromatic rings. The Balaban J connectivity index is 0.849. The molecule has 1 saturated carbocycles. The summed E-state index contributed by atoms with van der Waals surface area (Å²) in [6.07, 6.45) is 5.39. The Labute approximate surface area is 332 Å². The summed E-state index contributed by atoms with van der Waals surface area (Å²) in [7, 11) is 3.62. The Bertz CT molecular complexity index is 2350. The Morgan fingerprint density at radius 1 is 0.931 bits per heavy atom. The number of fused-ring (bicyclic) bond motifs is 2. The number of amides is 3. The van der Waals surface area contributed by atoms with Gasteiger partial charge in [-0.05, 0) is 112 Å². The number of benzene rings is 3. The highest BCUT2D eigenvalue weighted by Crippen LogP contribution is 2.36. The fourth-order valence-corrected chi connectivity index (χ4v) is 7.72. The summed E-state index contributed by atoms with van der Waals surface area (Å²) in [5, 5.41) is 10.3. The van der Waals surface area contributed by atoms with Gasteiger partial charge in [-0.1, -0.05) is 30.7 Å². The standard InChI is InChI=1S/C43H43F3N6O6/c1-51(20-5-3-4-9-26-10-6-11-30(21-26)58-35-14-7-12-31-38(35)41(55)49-42(56)39(31)53)24-27-16-18-29(19-17-27)52-25-28-22-34(36(57-2)23-33(28)50-52)48-40(54)32-13-8-15-37(47-32)43(44,45)46/h6-8,10-15,21-23,25,27,29H,3-5,9,16-20,24H2,1-2H3,(H,48,54)(H,49,55,56). The molecular formula is C43H43F3N6O6. The number of aromatic nitrogens is 3. The number of carbonyl (C=O) groups excluding carboxylic acids is 4. The van der Waals surface area contributed by atoms with Crippen molar-refractivity contribution in [2.45, 2.75) is 63.6 Å². The number of carbonyl (C=O) groups is 4. The number of ether oxygens (including phenoxy) is 2. The summed E-state index contributed by atoms with van der Waals surface area (Å²) in [5.41, 5.74) is 0.700. The van der Waals surface area contributed by atoms with Crippen LogP contribution < -0.4 is 20.1 Å². The molecule has 2 aliphatic rings. The maximum Gasteiger partial charge on any atom is 0.433 e. The molecule has 1 aliphatic carbocycles. The predicted molar refractivity (Wildman–Crippen MR) is 209 cm³/mol. The van der Waals surface area contributed by atoms with Crippen LogP contribution in [-0.2, 0) is 17.4 Å². The van der Waals surface area contributed by atoms with E-state index in [2.05, 4.69) is 27.6 Å². The number of anilines is 1. The minimum atomic E-state index is -4.67. The van der Waals surface area contributed by atoms with E-state index in [1.165, 1.54) is 19.2 Å². The van der Waals surface area contributed by atoms with Crippen molar-refractivity contribution in [2.75, 3.05) is 32.6 Å². The molecule has 0 atom stereocenters. The maximum absolute atomic E-state index is 13.2. The zero-order chi connectivity index (χ0) is 41.0. The largest absolute Gasteiger partial charge is 0.494 e. The van der Waals surface area contributed by atoms with Crippen LogP contribution in [0.4, 0.5) is 18.9 Å². The predicted octanol–water partition coefficient (Wildman–Crippen LogP) is 8.03. The highest BCUT2D eigenvalue weighted by atomic mass is 19.4. The Morgan fingerprint density at radius 3 is 2.48 bits per heavy atom. The number of ketones is 1. The van der Waals surface area contributed by atoms with E-state index >= 15 is 0 Å². The SMILES string of the molecule is COc1cc2nn(C3CCC(CN(C)CCCCCc4cccc(Oc5cccc6c5C(=O)NC(=O)C6=O)c4)CC3)cc2cc1NC(=O)c1cccc(C(F)(F)F)n1. The molecule has 0 bridgehead atoms. The highest BCUT2D eigenvalue weighted by molar-refractivity contribution is 6.49. The van der Waals surface area contributed by atoms with Gasteiger partial charge in [0, 0.05) is 29.8 Å². The number of nitrogens with one attached hydrogen (secondary N) is 2. The second-order valence-corrected chi connectivity index (χ2v) is 14.9. The van der Waals surface area contributed by atoms with E-state index in [1.54, 1.807) is 30.3 Å². The molecule has 7 rings (SSSR count). The van der Waals surface area contributed by atoms with Gasteiger partial charge in [-0.3, -0.25) is 29.2 Å². The van der Waals surface area contributed by atoms with E-state index in [1.807, 2.05) is 29.1 Å². The first-order chi connectivity index (χ1) is 27.9. The molecular weight excluding hydrogens is 754 g/mol. The molecule has 12 nitrogen and oxygen atoms in total. The van der Waals surface area contributed by atoms with Crippen LogP contribution in [0, 0.1) is 5.92 Å². The molecule has 2 N–H and O–H groups in total. The average molecular weight is 797 g/mol. The van der Waals surface area contributed by atoms with E-state index in [4.69, 9.17) is 14.6 Å². The van der Waals surface area contributed by atoms with E-state index in [-0.39, 0.29) is 28.6 Å². The third kappa shape index (κ3) is 9.20. The number of alkyl halides is 3. The van der Waals surface area contributed by atoms with Crippen LogP contribution in [0.1, 0.15) is 93.4 Å². The van der Waals surface area contributed by atoms with Gasteiger partial charge in [0.05, 0.1) is 29.9 Å². The monoisotopic (exact) mass is 796 g/mol. The van der Waals surface area contributed by atoms with Crippen LogP contribution in [0.25, 0.3) is 10.9 Å². The number of halogens is 3. The number of aryl methyl sites for hydroxylation is 1. The summed E-state index contributed by atoms with van der Waals surface area (Å²) in [4.78, 5) is 55.3. The normalized spacial score (nSPS) is 17.0. The van der Waals surface area contributed by atoms with E-state index in [0.717, 1.165) is 87.5 Å². The summed E-state index contributed by atoms with van der Waals surface area (Å²) < 4.78 is 52.9. The van der Waals surface area contributed by atoms with E-state index in [0.29, 0.717) is 28.6 Å². The Morgan fingerprint density at radius 2 is 1.71 bits per heavy atom. The number of nitrogens with zero attached hydrogens (tertiary/aromatic N) is 4. The molecule has 3 heterocycles. The highest BCUT2D eigenvalue weighted by Gasteiger charge is 2.34. The van der Waals surface area contributed by atoms with Crippen molar-refractivity contribution >= 4 is 40.1 Å². The summed E-state index contributed by atoms with van der Waals surface area (Å²) >= 11 is 0. The first-order valence-electron chi connectivity index (χ1n) is 19.3. The summed E-state index contributed by atoms with van der Waals surface area (Å²) in [6.45, 7) is 2.02. The van der Waals surface area contributed by atoms with Crippen molar-refractivity contribution in [3.8, 4) is 17.2 Å². The van der Waals surface area contributed by atoms with Gasteiger partial charge < -0.3 is 19.7 Å². The van der Waals surface area contributed by atoms with Crippen LogP contribution in [0.2, 0.25) is 0 Å². The van der Waals surface area contributed by atoms with Crippen LogP contribution in [0.15, 0.2) is 79.0 Å². The van der Waals surface area contributed by atoms with Crippen LogP contribution in [0.5, 0.6) is 17.2 Å². The smallest absolute Gasteiger partial charge is 0.433 e. The molecule has 0 saturated heterocycles. The zero-order valence-electron chi connectivity index (χ0n) is 32.1. The third-order valence-corrected chi connectivity index (χ3v) is 10.7. The quantitative estimate of drug-likeness (QED) is 0.0648. The van der Waals surface area contributed by atoms with Crippen LogP contribution >= 0.6 is 0 Å². The van der Waals surface area contributed by atoms with Gasteiger partial charge in [0.25, 0.3) is 23.5 Å². The second kappa shape index (κ2) is 17.2. The lowest BCUT2D eigenvalue weighted by Gasteiger charge is -2.31. The number of hydrogen-bond acceptors (Lipinski definition) is 9. The molecule has 1 fully saturated rings. The lowest BCUT2D eigenvalue weighted by Crippen LogP contribution is -2.42. The fraction of sp³-hybridized carbons (Fsp3) is 0.349. The molecule has 15 heteroatoms. The van der Waals surface area contributed by atoms with Crippen molar-refractivity contribution < 1.29 is 41.8 Å². The first-order valence-corrected chi connectivity index (χ1v) is 19.3. The minimum Gasteiger partial charge on any atom is -0.494 e. The number of Topliss-reactive ketones (excluding diaryl/α,β-unsaturated/α-hetero) is 1. The molecule has 3 aromatic carbocycles. The number of imide groups is 1. The third-order valence-electron chi connectivity index (χ3n) is 10.7. The molecule has 0 unspecified atom stereocenters. The van der Waals surface area contributed by atoms with Crippen LogP contribution in [0.3, 0.4) is 0 Å². The van der Waals surface area contributed by atoms with Gasteiger partial charge in [-0.15, -0.1) is 0 Å². The van der Waals surface area contributed by atoms with Gasteiger partial charge in [0.15, 0.2) is 0 Å². The number of pyridine rings is 1. The van der Waals surface area contributed by atoms with E-state index in [9.17, 15) is 32.3 Å². The lowest BCUT2D eigenvalue weighted by molar-refractivity contribution is -0.141. The number of hydrogen-bond donors (Lipinski definition) is 2. The average Bonchev–Trinajstić information content (AvgIpc) is 3.62. The van der Waals surface area contributed by atoms with Gasteiger partial charge in [0.1, 0.15) is 28.6 Å². The number of rotatable bonds is 14. The lowest BCUT2D eigenvalue weighted by atomic mass is 9.86. The van der Waals surface area contributed by atoms with Gasteiger partial charge in [0.2, 0.25) is 0 Å². The van der Waals surface area contributed by atoms with Gasteiger partial charge in [-0.2, -0.15) is 18.3 Å². The van der Waals surface area contributed by atoms with E-state index < -0.39 is 35.4 Å². The Hall–Kier alpha value is -6.09. The molecule has 1 aliphatic heterocycles. The second-order valence-electron chi connectivity index (χ2n) is 14.9. The first kappa shape index (κ1) is 40.1. The molecule has 3 amide bonds. The fourth-order valence-electron chi connectivity index (χ4n) is 7.72. The molecule has 0 spiro atoms. The van der Waals surface area contributed by atoms with Gasteiger partial charge in [-0.25, -0.2) is 4.98 Å². The zero-order valence-corrected chi connectivity index (χ0v) is 32.1. The minimum absolute atomic E-state index is 0.0368. The molecule has 2 aromatic heterocycles. The van der Waals surface area contributed by atoms with Crippen molar-refractivity contribution in [1.82, 2.24) is 25.0 Å². The van der Waals surface area contributed by atoms with Crippen LogP contribution in [-0.4, -0.2) is 70.4 Å². The number of methoxy groups -OCH3 is 1. The maximum atomic E-state index is 13.2. The molecule has 302 valence electrons. The van der Waals surface area contributed by atoms with Gasteiger partial charge >= 0.3 is 6.18 Å². The van der Waals surface area contributed by atoms with Crippen molar-refractivity contribution in [1.29, 1.82) is 0 Å². The molecule has 58 heavy (non-hydrogen) atoms. The summed E-state index contributed by atoms with van der Waals surface area (Å²) in [6, 6.07) is 19.1. The Kier molecular flexibility index (Phi) is 11.9. The molecule has 0 radical (unpaired) electrons.